The van der Waals surface area contributed by atoms with E-state index in [1.165, 1.54) is 6.92 Å². The number of nitrogens with one attached hydrogen (secondary N) is 1. The first-order valence-corrected chi connectivity index (χ1v) is 6.34. The molecule has 0 bridgehead atoms. The van der Waals surface area contributed by atoms with Crippen LogP contribution in [0.1, 0.15) is 20.8 Å². The first kappa shape index (κ1) is 14.0. The maximum Gasteiger partial charge on any atom is 0.226 e. The number of nitrogens with zero attached hydrogens (tertiary/aromatic N) is 2. The summed E-state index contributed by atoms with van der Waals surface area (Å²) in [5, 5.41) is 2.92. The van der Waals surface area contributed by atoms with Crippen LogP contribution in [-0.4, -0.2) is 60.9 Å². The van der Waals surface area contributed by atoms with Crippen molar-refractivity contribution in [2.24, 2.45) is 5.92 Å². The van der Waals surface area contributed by atoms with Gasteiger partial charge in [0.25, 0.3) is 0 Å². The summed E-state index contributed by atoms with van der Waals surface area (Å²) in [6.45, 7) is 10.5. The summed E-state index contributed by atoms with van der Waals surface area (Å²) in [6, 6.07) is 0. The molecule has 1 rings (SSSR count). The molecule has 0 aromatic rings. The first-order chi connectivity index (χ1) is 8.08. The van der Waals surface area contributed by atoms with Crippen molar-refractivity contribution in [2.45, 2.75) is 20.8 Å². The number of carbonyl (C=O) groups is 2. The molecular formula is C12H23N3O2. The van der Waals surface area contributed by atoms with Crippen LogP contribution in [0.3, 0.4) is 0 Å². The highest BCUT2D eigenvalue weighted by Gasteiger charge is 2.33. The molecule has 1 heterocycles. The summed E-state index contributed by atoms with van der Waals surface area (Å²) >= 11 is 0. The zero-order valence-electron chi connectivity index (χ0n) is 11.0. The van der Waals surface area contributed by atoms with Gasteiger partial charge in [-0.3, -0.25) is 9.59 Å². The maximum absolute atomic E-state index is 11.7. The minimum absolute atomic E-state index is 0.00407. The zero-order valence-corrected chi connectivity index (χ0v) is 11.0. The van der Waals surface area contributed by atoms with E-state index < -0.39 is 0 Å². The third kappa shape index (κ3) is 4.00. The second-order valence-corrected chi connectivity index (χ2v) is 4.44. The molecule has 1 N–H and O–H groups in total. The van der Waals surface area contributed by atoms with Crippen molar-refractivity contribution in [3.8, 4) is 0 Å². The number of amides is 2. The number of likely N-dealkylation sites (tertiary alicyclic amines) is 1. The van der Waals surface area contributed by atoms with E-state index in [9.17, 15) is 9.59 Å². The van der Waals surface area contributed by atoms with E-state index >= 15 is 0 Å². The predicted octanol–water partition coefficient (Wildman–Crippen LogP) is -0.0773. The van der Waals surface area contributed by atoms with Gasteiger partial charge in [0.2, 0.25) is 11.8 Å². The van der Waals surface area contributed by atoms with Crippen molar-refractivity contribution in [3.63, 3.8) is 0 Å². The molecule has 98 valence electrons. The van der Waals surface area contributed by atoms with Crippen molar-refractivity contribution >= 4 is 11.8 Å². The van der Waals surface area contributed by atoms with Crippen LogP contribution in [-0.2, 0) is 9.59 Å². The average Bonchev–Trinajstić information content (AvgIpc) is 2.21. The summed E-state index contributed by atoms with van der Waals surface area (Å²) < 4.78 is 0. The molecule has 0 radical (unpaired) electrons. The normalized spacial score (nSPS) is 15.9. The minimum Gasteiger partial charge on any atom is -0.354 e. The summed E-state index contributed by atoms with van der Waals surface area (Å²) in [6.07, 6.45) is 0. The van der Waals surface area contributed by atoms with Gasteiger partial charge in [0.05, 0.1) is 5.92 Å². The molecule has 0 spiro atoms. The van der Waals surface area contributed by atoms with E-state index in [0.717, 1.165) is 19.6 Å². The molecule has 0 unspecified atom stereocenters. The highest BCUT2D eigenvalue weighted by molar-refractivity contribution is 5.83. The number of carbonyl (C=O) groups excluding carboxylic acids is 2. The lowest BCUT2D eigenvalue weighted by molar-refractivity contribution is -0.141. The standard InChI is InChI=1S/C12H23N3O2/c1-4-14(5-2)7-6-13-12(17)11-8-15(9-11)10(3)16/h11H,4-9H2,1-3H3,(H,13,17). The van der Waals surface area contributed by atoms with Gasteiger partial charge >= 0.3 is 0 Å². The second-order valence-electron chi connectivity index (χ2n) is 4.44. The van der Waals surface area contributed by atoms with Gasteiger partial charge in [0.1, 0.15) is 0 Å². The Labute approximate surface area is 103 Å². The molecular weight excluding hydrogens is 218 g/mol. The molecule has 0 aliphatic carbocycles. The number of hydrogen-bond donors (Lipinski definition) is 1. The SMILES string of the molecule is CCN(CC)CCNC(=O)C1CN(C(C)=O)C1. The monoisotopic (exact) mass is 241 g/mol. The van der Waals surface area contributed by atoms with E-state index in [1.807, 2.05) is 0 Å². The number of rotatable bonds is 6. The summed E-state index contributed by atoms with van der Waals surface area (Å²) in [7, 11) is 0. The van der Waals surface area contributed by atoms with Gasteiger partial charge < -0.3 is 15.1 Å². The largest absolute Gasteiger partial charge is 0.354 e. The van der Waals surface area contributed by atoms with Crippen molar-refractivity contribution in [1.29, 1.82) is 0 Å². The Morgan fingerprint density at radius 1 is 1.29 bits per heavy atom. The molecule has 5 nitrogen and oxygen atoms in total. The molecule has 2 amide bonds. The van der Waals surface area contributed by atoms with Gasteiger partial charge in [-0.1, -0.05) is 13.8 Å². The van der Waals surface area contributed by atoms with E-state index in [1.54, 1.807) is 4.90 Å². The predicted molar refractivity (Wildman–Crippen MR) is 66.5 cm³/mol. The van der Waals surface area contributed by atoms with Crippen molar-refractivity contribution in [1.82, 2.24) is 15.1 Å². The van der Waals surface area contributed by atoms with E-state index in [4.69, 9.17) is 0 Å². The van der Waals surface area contributed by atoms with Crippen LogP contribution in [0, 0.1) is 5.92 Å². The number of hydrogen-bond acceptors (Lipinski definition) is 3. The van der Waals surface area contributed by atoms with Gasteiger partial charge in [0.15, 0.2) is 0 Å². The van der Waals surface area contributed by atoms with E-state index in [0.29, 0.717) is 19.6 Å². The fraction of sp³-hybridized carbons (Fsp3) is 0.833. The van der Waals surface area contributed by atoms with Gasteiger partial charge in [0, 0.05) is 33.1 Å². The number of likely N-dealkylation sites (N-methyl/N-ethyl adjacent to an activating group) is 1. The lowest BCUT2D eigenvalue weighted by Crippen LogP contribution is -2.55. The fourth-order valence-corrected chi connectivity index (χ4v) is 1.92. The Morgan fingerprint density at radius 2 is 1.88 bits per heavy atom. The first-order valence-electron chi connectivity index (χ1n) is 6.34. The van der Waals surface area contributed by atoms with Crippen LogP contribution in [0.2, 0.25) is 0 Å². The van der Waals surface area contributed by atoms with Crippen LogP contribution in [0.15, 0.2) is 0 Å². The molecule has 1 saturated heterocycles. The molecule has 1 aliphatic heterocycles. The van der Waals surface area contributed by atoms with Gasteiger partial charge in [-0.05, 0) is 13.1 Å². The Hall–Kier alpha value is -1.10. The summed E-state index contributed by atoms with van der Waals surface area (Å²) in [4.78, 5) is 26.6. The lowest BCUT2D eigenvalue weighted by Gasteiger charge is -2.37. The Kier molecular flexibility index (Phi) is 5.41. The lowest BCUT2D eigenvalue weighted by atomic mass is 9.99. The molecule has 17 heavy (non-hydrogen) atoms. The van der Waals surface area contributed by atoms with E-state index in [-0.39, 0.29) is 17.7 Å². The Morgan fingerprint density at radius 3 is 2.35 bits per heavy atom. The Bertz CT molecular complexity index is 271. The third-order valence-electron chi connectivity index (χ3n) is 3.32. The summed E-state index contributed by atoms with van der Waals surface area (Å²) in [5.41, 5.74) is 0. The van der Waals surface area contributed by atoms with Crippen LogP contribution in [0.5, 0.6) is 0 Å². The quantitative estimate of drug-likeness (QED) is 0.708. The van der Waals surface area contributed by atoms with Gasteiger partial charge in [-0.25, -0.2) is 0 Å². The van der Waals surface area contributed by atoms with Crippen molar-refractivity contribution < 1.29 is 9.59 Å². The fourth-order valence-electron chi connectivity index (χ4n) is 1.92. The molecule has 5 heteroatoms. The molecule has 1 fully saturated rings. The minimum atomic E-state index is -0.00407. The average molecular weight is 241 g/mol. The van der Waals surface area contributed by atoms with Gasteiger partial charge in [-0.2, -0.15) is 0 Å². The smallest absolute Gasteiger partial charge is 0.226 e. The van der Waals surface area contributed by atoms with Crippen LogP contribution >= 0.6 is 0 Å². The van der Waals surface area contributed by atoms with Crippen LogP contribution in [0.25, 0.3) is 0 Å². The highest BCUT2D eigenvalue weighted by Crippen LogP contribution is 2.15. The van der Waals surface area contributed by atoms with Crippen molar-refractivity contribution in [3.05, 3.63) is 0 Å². The molecule has 0 aromatic carbocycles. The Balaban J connectivity index is 2.13. The van der Waals surface area contributed by atoms with E-state index in [2.05, 4.69) is 24.1 Å². The molecule has 0 saturated carbocycles. The third-order valence-corrected chi connectivity index (χ3v) is 3.32. The zero-order chi connectivity index (χ0) is 12.8. The molecule has 0 aromatic heterocycles. The summed E-state index contributed by atoms with van der Waals surface area (Å²) in [5.74, 6) is 0.127. The maximum atomic E-state index is 11.7. The second kappa shape index (κ2) is 6.59. The topological polar surface area (TPSA) is 52.7 Å². The highest BCUT2D eigenvalue weighted by atomic mass is 16.2. The van der Waals surface area contributed by atoms with Crippen LogP contribution < -0.4 is 5.32 Å². The van der Waals surface area contributed by atoms with Crippen molar-refractivity contribution in [2.75, 3.05) is 39.3 Å². The molecule has 0 atom stereocenters. The molecule has 1 aliphatic rings. The van der Waals surface area contributed by atoms with Gasteiger partial charge in [-0.15, -0.1) is 0 Å². The van der Waals surface area contributed by atoms with Crippen LogP contribution in [0.4, 0.5) is 0 Å².